The van der Waals surface area contributed by atoms with Crippen molar-refractivity contribution in [2.45, 2.75) is 36.3 Å². The van der Waals surface area contributed by atoms with Crippen LogP contribution in [-0.4, -0.2) is 48.1 Å². The minimum Gasteiger partial charge on any atom is -0.393 e. The van der Waals surface area contributed by atoms with Gasteiger partial charge in [-0.05, 0) is 49.7 Å². The molecule has 0 saturated carbocycles. The monoisotopic (exact) mass is 396 g/mol. The summed E-state index contributed by atoms with van der Waals surface area (Å²) in [6.45, 7) is 2.72. The molecule has 5 nitrogen and oxygen atoms in total. The third-order valence-electron chi connectivity index (χ3n) is 6.55. The van der Waals surface area contributed by atoms with Crippen molar-refractivity contribution in [3.63, 3.8) is 0 Å². The molecule has 2 aromatic carbocycles. The van der Waals surface area contributed by atoms with Crippen molar-refractivity contribution in [2.24, 2.45) is 5.92 Å². The van der Waals surface area contributed by atoms with Gasteiger partial charge < -0.3 is 10.0 Å². The maximum absolute atomic E-state index is 13.3. The van der Waals surface area contributed by atoms with Crippen molar-refractivity contribution in [3.8, 4) is 0 Å². The second-order valence-corrected chi connectivity index (χ2v) is 9.97. The van der Waals surface area contributed by atoms with Gasteiger partial charge >= 0.3 is 0 Å². The first kappa shape index (κ1) is 17.9. The van der Waals surface area contributed by atoms with Crippen LogP contribution in [0.2, 0.25) is 0 Å². The van der Waals surface area contributed by atoms with E-state index in [-0.39, 0.29) is 17.9 Å². The lowest BCUT2D eigenvalue weighted by molar-refractivity contribution is 0.122. The summed E-state index contributed by atoms with van der Waals surface area (Å²) in [7, 11) is -1.56. The van der Waals surface area contributed by atoms with Gasteiger partial charge in [0.05, 0.1) is 16.5 Å². The second kappa shape index (κ2) is 6.17. The molecule has 5 rings (SSSR count). The molecule has 2 aliphatic rings. The zero-order chi connectivity index (χ0) is 19.6. The Balaban J connectivity index is 1.73. The molecule has 1 aliphatic heterocycles. The van der Waals surface area contributed by atoms with Gasteiger partial charge in [-0.3, -0.25) is 0 Å². The van der Waals surface area contributed by atoms with Crippen molar-refractivity contribution in [1.82, 2.24) is 8.87 Å². The van der Waals surface area contributed by atoms with Crippen LogP contribution in [0.1, 0.15) is 24.0 Å². The summed E-state index contributed by atoms with van der Waals surface area (Å²) in [5.74, 6) is 0.374. The highest BCUT2D eigenvalue weighted by atomic mass is 32.2. The molecule has 0 spiro atoms. The van der Waals surface area contributed by atoms with E-state index >= 15 is 0 Å². The number of aromatic nitrogens is 1. The van der Waals surface area contributed by atoms with Crippen molar-refractivity contribution in [1.29, 1.82) is 0 Å². The predicted octanol–water partition coefficient (Wildman–Crippen LogP) is 2.83. The van der Waals surface area contributed by atoms with Gasteiger partial charge in [0.1, 0.15) is 0 Å². The van der Waals surface area contributed by atoms with E-state index in [0.717, 1.165) is 29.4 Å². The molecular formula is C22H24N2O3S. The van der Waals surface area contributed by atoms with Crippen LogP contribution in [-0.2, 0) is 16.4 Å². The van der Waals surface area contributed by atoms with Crippen LogP contribution < -0.4 is 0 Å². The number of benzene rings is 2. The maximum atomic E-state index is 13.3. The first-order chi connectivity index (χ1) is 13.4. The van der Waals surface area contributed by atoms with Crippen molar-refractivity contribution < 1.29 is 13.5 Å². The molecule has 1 N–H and O–H groups in total. The van der Waals surface area contributed by atoms with E-state index in [0.29, 0.717) is 4.90 Å². The predicted molar refractivity (Wildman–Crippen MR) is 109 cm³/mol. The van der Waals surface area contributed by atoms with E-state index in [1.54, 1.807) is 30.5 Å². The summed E-state index contributed by atoms with van der Waals surface area (Å²) in [4.78, 5) is 2.61. The number of aliphatic hydroxyl groups excluding tert-OH is 1. The van der Waals surface area contributed by atoms with Crippen LogP contribution in [0, 0.1) is 5.92 Å². The fourth-order valence-electron chi connectivity index (χ4n) is 5.24. The molecule has 4 unspecified atom stereocenters. The van der Waals surface area contributed by atoms with E-state index < -0.39 is 16.1 Å². The number of rotatable bonds is 3. The molecule has 2 heterocycles. The van der Waals surface area contributed by atoms with Gasteiger partial charge in [0.15, 0.2) is 0 Å². The van der Waals surface area contributed by atoms with Crippen LogP contribution in [0.15, 0.2) is 59.6 Å². The maximum Gasteiger partial charge on any atom is 0.268 e. The Morgan fingerprint density at radius 3 is 2.57 bits per heavy atom. The SMILES string of the molecule is CC(O)C1CN(C)C2Cc3cn(S(=O)(=O)c4ccccc4)c4cccc(c34)C12. The average molecular weight is 397 g/mol. The second-order valence-electron chi connectivity index (χ2n) is 8.15. The van der Waals surface area contributed by atoms with Crippen molar-refractivity contribution in [3.05, 3.63) is 65.9 Å². The number of nitrogens with zero attached hydrogens (tertiary/aromatic N) is 2. The van der Waals surface area contributed by atoms with Gasteiger partial charge in [-0.15, -0.1) is 0 Å². The molecule has 28 heavy (non-hydrogen) atoms. The molecule has 6 heteroatoms. The van der Waals surface area contributed by atoms with Gasteiger partial charge in [0.2, 0.25) is 0 Å². The zero-order valence-electron chi connectivity index (χ0n) is 16.0. The van der Waals surface area contributed by atoms with Crippen molar-refractivity contribution >= 4 is 20.9 Å². The topological polar surface area (TPSA) is 62.5 Å². The minimum absolute atomic E-state index is 0.155. The van der Waals surface area contributed by atoms with Gasteiger partial charge in [-0.1, -0.05) is 30.3 Å². The van der Waals surface area contributed by atoms with E-state index in [1.807, 2.05) is 25.1 Å². The smallest absolute Gasteiger partial charge is 0.268 e. The Bertz CT molecular complexity index is 1150. The van der Waals surface area contributed by atoms with E-state index in [9.17, 15) is 13.5 Å². The Hall–Kier alpha value is -2.15. The molecular weight excluding hydrogens is 372 g/mol. The average Bonchev–Trinajstić information content (AvgIpc) is 3.23. The lowest BCUT2D eigenvalue weighted by atomic mass is 9.75. The number of hydrogen-bond donors (Lipinski definition) is 1. The molecule has 1 aromatic heterocycles. The summed E-state index contributed by atoms with van der Waals surface area (Å²) >= 11 is 0. The van der Waals surface area contributed by atoms with Crippen LogP contribution in [0.4, 0.5) is 0 Å². The molecule has 0 bridgehead atoms. The number of aliphatic hydroxyl groups is 1. The van der Waals surface area contributed by atoms with Gasteiger partial charge in [-0.25, -0.2) is 12.4 Å². The Kier molecular flexibility index (Phi) is 3.95. The van der Waals surface area contributed by atoms with Crippen LogP contribution >= 0.6 is 0 Å². The molecule has 0 amide bonds. The zero-order valence-corrected chi connectivity index (χ0v) is 16.8. The lowest BCUT2D eigenvalue weighted by Gasteiger charge is -2.32. The van der Waals surface area contributed by atoms with Gasteiger partial charge in [0, 0.05) is 36.0 Å². The summed E-state index contributed by atoms with van der Waals surface area (Å²) < 4.78 is 28.0. The van der Waals surface area contributed by atoms with Gasteiger partial charge in [0.25, 0.3) is 10.0 Å². The first-order valence-corrected chi connectivity index (χ1v) is 11.2. The molecule has 1 fully saturated rings. The van der Waals surface area contributed by atoms with Crippen LogP contribution in [0.5, 0.6) is 0 Å². The summed E-state index contributed by atoms with van der Waals surface area (Å²) in [6, 6.07) is 14.8. The van der Waals surface area contributed by atoms with E-state index in [4.69, 9.17) is 0 Å². The highest BCUT2D eigenvalue weighted by Crippen LogP contribution is 2.48. The van der Waals surface area contributed by atoms with Gasteiger partial charge in [-0.2, -0.15) is 0 Å². The quantitative estimate of drug-likeness (QED) is 0.740. The highest BCUT2D eigenvalue weighted by Gasteiger charge is 2.46. The third-order valence-corrected chi connectivity index (χ3v) is 8.24. The Labute approximate surface area is 165 Å². The number of fused-ring (bicyclic) bond motifs is 2. The van der Waals surface area contributed by atoms with E-state index in [2.05, 4.69) is 18.0 Å². The minimum atomic E-state index is -3.66. The Morgan fingerprint density at radius 2 is 1.86 bits per heavy atom. The molecule has 4 atom stereocenters. The molecule has 3 aromatic rings. The van der Waals surface area contributed by atoms with E-state index in [1.165, 1.54) is 9.54 Å². The lowest BCUT2D eigenvalue weighted by Crippen LogP contribution is -2.33. The van der Waals surface area contributed by atoms with Crippen molar-refractivity contribution in [2.75, 3.05) is 13.6 Å². The number of hydrogen-bond acceptors (Lipinski definition) is 4. The molecule has 0 radical (unpaired) electrons. The standard InChI is InChI=1S/C22H24N2O3S/c1-14(25)18-13-23(2)20-11-15-12-24(28(26,27)16-7-4-3-5-8-16)19-10-6-9-17(21(15)19)22(18)20/h3-10,12,14,18,20,22,25H,11,13H2,1-2H3. The number of likely N-dealkylation sites (tertiary alicyclic amines) is 1. The summed E-state index contributed by atoms with van der Waals surface area (Å²) in [6.07, 6.45) is 2.20. The molecule has 1 saturated heterocycles. The fourth-order valence-corrected chi connectivity index (χ4v) is 6.65. The highest BCUT2D eigenvalue weighted by molar-refractivity contribution is 7.90. The normalized spacial score (nSPS) is 25.8. The molecule has 146 valence electrons. The number of likely N-dealkylation sites (N-methyl/N-ethyl adjacent to an activating group) is 1. The third kappa shape index (κ3) is 2.41. The Morgan fingerprint density at radius 1 is 1.11 bits per heavy atom. The van der Waals surface area contributed by atoms with Crippen LogP contribution in [0.3, 0.4) is 0 Å². The molecule has 1 aliphatic carbocycles. The largest absolute Gasteiger partial charge is 0.393 e. The summed E-state index contributed by atoms with van der Waals surface area (Å²) in [5, 5.41) is 11.4. The summed E-state index contributed by atoms with van der Waals surface area (Å²) in [5.41, 5.74) is 2.97. The first-order valence-electron chi connectivity index (χ1n) is 9.71. The van der Waals surface area contributed by atoms with Crippen LogP contribution in [0.25, 0.3) is 10.9 Å². The fraction of sp³-hybridized carbons (Fsp3) is 0.364.